The highest BCUT2D eigenvalue weighted by atomic mass is 16.6. The molecule has 0 unspecified atom stereocenters. The number of nitrogens with one attached hydrogen (secondary N) is 1. The van der Waals surface area contributed by atoms with Gasteiger partial charge in [0.25, 0.3) is 5.69 Å². The molecule has 2 aliphatic heterocycles. The van der Waals surface area contributed by atoms with Gasteiger partial charge in [0, 0.05) is 30.7 Å². The van der Waals surface area contributed by atoms with Gasteiger partial charge in [-0.15, -0.1) is 0 Å². The summed E-state index contributed by atoms with van der Waals surface area (Å²) in [7, 11) is 0. The molecule has 0 saturated heterocycles. The van der Waals surface area contributed by atoms with E-state index in [-0.39, 0.29) is 11.6 Å². The Bertz CT molecular complexity index is 1120. The number of benzene rings is 2. The van der Waals surface area contributed by atoms with E-state index in [1.54, 1.807) is 12.1 Å². The number of aromatic nitrogens is 2. The molecule has 0 aliphatic carbocycles. The number of anilines is 1. The normalized spacial score (nSPS) is 18.0. The van der Waals surface area contributed by atoms with Gasteiger partial charge in [-0.2, -0.15) is 0 Å². The zero-order chi connectivity index (χ0) is 19.3. The highest BCUT2D eigenvalue weighted by Crippen LogP contribution is 2.39. The zero-order valence-corrected chi connectivity index (χ0v) is 14.7. The molecule has 2 aliphatic rings. The average molecular weight is 380 g/mol. The van der Waals surface area contributed by atoms with Crippen LogP contribution in [0.4, 0.5) is 11.6 Å². The molecular weight excluding hydrogens is 364 g/mol. The Morgan fingerprint density at radius 2 is 1.89 bits per heavy atom. The van der Waals surface area contributed by atoms with Gasteiger partial charge in [-0.1, -0.05) is 0 Å². The molecular formula is C18H16N6O4. The second-order valence-electron chi connectivity index (χ2n) is 6.51. The molecule has 3 N–H and O–H groups in total. The van der Waals surface area contributed by atoms with Crippen LogP contribution in [-0.2, 0) is 0 Å². The molecule has 0 radical (unpaired) electrons. The Hall–Kier alpha value is -3.82. The van der Waals surface area contributed by atoms with Gasteiger partial charge in [0.2, 0.25) is 5.95 Å². The van der Waals surface area contributed by atoms with Crippen molar-refractivity contribution in [3.8, 4) is 11.5 Å². The number of nitro benzene ring substituents is 1. The number of nitrogens with zero attached hydrogens (tertiary/aromatic N) is 4. The Kier molecular flexibility index (Phi) is 3.57. The van der Waals surface area contributed by atoms with Crippen LogP contribution in [-0.4, -0.2) is 33.6 Å². The Morgan fingerprint density at radius 1 is 1.18 bits per heavy atom. The van der Waals surface area contributed by atoms with Crippen molar-refractivity contribution in [2.24, 2.45) is 10.7 Å². The molecule has 142 valence electrons. The van der Waals surface area contributed by atoms with Crippen molar-refractivity contribution in [2.45, 2.75) is 12.6 Å². The lowest BCUT2D eigenvalue weighted by atomic mass is 10.1. The molecule has 1 aromatic heterocycles. The van der Waals surface area contributed by atoms with Crippen molar-refractivity contribution in [3.05, 3.63) is 52.1 Å². The number of rotatable bonds is 2. The standard InChI is InChI=1S/C18H16N6O4/c19-17-21-16(10-2-4-11(5-3-10)24(25)26)23-13-9-15-14(27-6-1-7-28-15)8-12(13)20-18(23)22-17/h2-5,8-9,16H,1,6-7H2,(H3,19,20,21,22)/t16-/m0/s1. The van der Waals surface area contributed by atoms with Gasteiger partial charge in [0.1, 0.15) is 0 Å². The van der Waals surface area contributed by atoms with E-state index in [1.165, 1.54) is 12.1 Å². The molecule has 2 aromatic carbocycles. The van der Waals surface area contributed by atoms with Crippen molar-refractivity contribution in [2.75, 3.05) is 18.5 Å². The molecule has 3 heterocycles. The lowest BCUT2D eigenvalue weighted by Gasteiger charge is -2.23. The molecule has 5 rings (SSSR count). The summed E-state index contributed by atoms with van der Waals surface area (Å²) >= 11 is 0. The minimum atomic E-state index is -0.508. The van der Waals surface area contributed by atoms with Crippen molar-refractivity contribution >= 4 is 28.6 Å². The van der Waals surface area contributed by atoms with Gasteiger partial charge < -0.3 is 15.2 Å². The second kappa shape index (κ2) is 6.12. The van der Waals surface area contributed by atoms with Crippen LogP contribution in [0.5, 0.6) is 11.5 Å². The SMILES string of the molecule is NC1=N[C@H](c2ccc([N+](=O)[O-])cc2)n2c(nc3cc4c(cc32)OCCCO4)N1. The summed E-state index contributed by atoms with van der Waals surface area (Å²) in [4.78, 5) is 19.6. The third-order valence-electron chi connectivity index (χ3n) is 4.71. The van der Waals surface area contributed by atoms with Crippen molar-refractivity contribution in [1.29, 1.82) is 0 Å². The van der Waals surface area contributed by atoms with Crippen molar-refractivity contribution < 1.29 is 14.4 Å². The minimum absolute atomic E-state index is 0.0150. The zero-order valence-electron chi connectivity index (χ0n) is 14.7. The molecule has 0 fully saturated rings. The Labute approximate surface area is 158 Å². The Morgan fingerprint density at radius 3 is 2.61 bits per heavy atom. The number of aliphatic imine (C=N–C) groups is 1. The first-order valence-electron chi connectivity index (χ1n) is 8.76. The topological polar surface area (TPSA) is 130 Å². The first kappa shape index (κ1) is 16.4. The molecule has 0 amide bonds. The fourth-order valence-corrected chi connectivity index (χ4v) is 3.42. The lowest BCUT2D eigenvalue weighted by molar-refractivity contribution is -0.384. The number of hydrogen-bond acceptors (Lipinski definition) is 8. The lowest BCUT2D eigenvalue weighted by Crippen LogP contribution is -2.31. The monoisotopic (exact) mass is 380 g/mol. The van der Waals surface area contributed by atoms with Crippen LogP contribution in [0, 0.1) is 10.1 Å². The van der Waals surface area contributed by atoms with E-state index in [9.17, 15) is 10.1 Å². The van der Waals surface area contributed by atoms with E-state index in [2.05, 4.69) is 15.3 Å². The van der Waals surface area contributed by atoms with E-state index < -0.39 is 11.1 Å². The molecule has 10 nitrogen and oxygen atoms in total. The minimum Gasteiger partial charge on any atom is -0.489 e. The molecule has 0 saturated carbocycles. The summed E-state index contributed by atoms with van der Waals surface area (Å²) < 4.78 is 13.4. The van der Waals surface area contributed by atoms with Crippen LogP contribution >= 0.6 is 0 Å². The maximum absolute atomic E-state index is 10.9. The van der Waals surface area contributed by atoms with E-state index in [1.807, 2.05) is 16.7 Å². The van der Waals surface area contributed by atoms with E-state index in [0.717, 1.165) is 17.5 Å². The maximum atomic E-state index is 10.9. The van der Waals surface area contributed by atoms with Crippen molar-refractivity contribution in [1.82, 2.24) is 9.55 Å². The van der Waals surface area contributed by atoms with Crippen LogP contribution in [0.15, 0.2) is 41.4 Å². The molecule has 0 bridgehead atoms. The quantitative estimate of drug-likeness (QED) is 0.516. The Balaban J connectivity index is 1.66. The highest BCUT2D eigenvalue weighted by molar-refractivity contribution is 5.95. The number of fused-ring (bicyclic) bond motifs is 4. The number of ether oxygens (including phenoxy) is 2. The summed E-state index contributed by atoms with van der Waals surface area (Å²) in [6.07, 6.45) is 0.303. The molecule has 28 heavy (non-hydrogen) atoms. The fourth-order valence-electron chi connectivity index (χ4n) is 3.42. The second-order valence-corrected chi connectivity index (χ2v) is 6.51. The molecule has 1 atom stereocenters. The number of guanidine groups is 1. The summed E-state index contributed by atoms with van der Waals surface area (Å²) in [5.74, 6) is 2.06. The molecule has 10 heteroatoms. The highest BCUT2D eigenvalue weighted by Gasteiger charge is 2.27. The fraction of sp³-hybridized carbons (Fsp3) is 0.222. The maximum Gasteiger partial charge on any atom is 0.269 e. The summed E-state index contributed by atoms with van der Waals surface area (Å²) in [5.41, 5.74) is 8.22. The molecule has 0 spiro atoms. The molecule has 3 aromatic rings. The third kappa shape index (κ3) is 2.57. The predicted octanol–water partition coefficient (Wildman–Crippen LogP) is 2.39. The van der Waals surface area contributed by atoms with Crippen LogP contribution < -0.4 is 20.5 Å². The first-order valence-corrected chi connectivity index (χ1v) is 8.76. The number of nitrogens with two attached hydrogens (primary N) is 1. The van der Waals surface area contributed by atoms with Gasteiger partial charge in [0.05, 0.1) is 29.2 Å². The average Bonchev–Trinajstić information content (AvgIpc) is 2.87. The van der Waals surface area contributed by atoms with E-state index >= 15 is 0 Å². The van der Waals surface area contributed by atoms with Gasteiger partial charge in [0.15, 0.2) is 23.6 Å². The van der Waals surface area contributed by atoms with Gasteiger partial charge in [-0.25, -0.2) is 9.98 Å². The van der Waals surface area contributed by atoms with Gasteiger partial charge in [-0.05, 0) is 17.7 Å². The summed E-state index contributed by atoms with van der Waals surface area (Å²) in [6, 6.07) is 9.96. The van der Waals surface area contributed by atoms with Crippen molar-refractivity contribution in [3.63, 3.8) is 0 Å². The predicted molar refractivity (Wildman–Crippen MR) is 102 cm³/mol. The third-order valence-corrected chi connectivity index (χ3v) is 4.71. The van der Waals surface area contributed by atoms with Crippen LogP contribution in [0.25, 0.3) is 11.0 Å². The van der Waals surface area contributed by atoms with E-state index in [4.69, 9.17) is 15.2 Å². The smallest absolute Gasteiger partial charge is 0.269 e. The van der Waals surface area contributed by atoms with Gasteiger partial charge in [-0.3, -0.25) is 20.0 Å². The van der Waals surface area contributed by atoms with Crippen LogP contribution in [0.3, 0.4) is 0 Å². The number of non-ortho nitro benzene ring substituents is 1. The van der Waals surface area contributed by atoms with Crippen LogP contribution in [0.1, 0.15) is 18.2 Å². The van der Waals surface area contributed by atoms with Crippen LogP contribution in [0.2, 0.25) is 0 Å². The number of hydrogen-bond donors (Lipinski definition) is 2. The summed E-state index contributed by atoms with van der Waals surface area (Å²) in [5, 5.41) is 13.9. The van der Waals surface area contributed by atoms with E-state index in [0.29, 0.717) is 36.2 Å². The largest absolute Gasteiger partial charge is 0.489 e. The summed E-state index contributed by atoms with van der Waals surface area (Å²) in [6.45, 7) is 1.17. The van der Waals surface area contributed by atoms with Gasteiger partial charge >= 0.3 is 0 Å². The number of imidazole rings is 1. The first-order chi connectivity index (χ1) is 13.6. The number of nitro groups is 1.